The van der Waals surface area contributed by atoms with Crippen molar-refractivity contribution in [1.82, 2.24) is 5.32 Å². The van der Waals surface area contributed by atoms with Crippen molar-refractivity contribution in [1.29, 1.82) is 0 Å². The molecule has 3 rings (SSSR count). The number of ether oxygens (including phenoxy) is 1. The van der Waals surface area contributed by atoms with Crippen LogP contribution in [0.5, 0.6) is 0 Å². The number of methoxy groups -OCH3 is 1. The van der Waals surface area contributed by atoms with Crippen molar-refractivity contribution in [3.05, 3.63) is 60.7 Å². The summed E-state index contributed by atoms with van der Waals surface area (Å²) in [5.74, 6) is 0. The molecule has 0 bridgehead atoms. The van der Waals surface area contributed by atoms with Crippen LogP contribution >= 0.6 is 0 Å². The molecule has 0 saturated carbocycles. The van der Waals surface area contributed by atoms with Gasteiger partial charge in [0, 0.05) is 25.0 Å². The highest BCUT2D eigenvalue weighted by molar-refractivity contribution is 5.64. The summed E-state index contributed by atoms with van der Waals surface area (Å²) in [5, 5.41) is 3.42. The first kappa shape index (κ1) is 14.1. The van der Waals surface area contributed by atoms with Crippen LogP contribution < -0.4 is 10.2 Å². The number of piperidine rings is 1. The molecule has 0 radical (unpaired) electrons. The van der Waals surface area contributed by atoms with Gasteiger partial charge in [0.1, 0.15) is 0 Å². The summed E-state index contributed by atoms with van der Waals surface area (Å²) in [6, 6.07) is 21.5. The summed E-state index contributed by atoms with van der Waals surface area (Å²) < 4.78 is 5.72. The van der Waals surface area contributed by atoms with Gasteiger partial charge in [0.15, 0.2) is 0 Å². The third-order valence-electron chi connectivity index (χ3n) is 4.09. The largest absolute Gasteiger partial charge is 0.378 e. The van der Waals surface area contributed by atoms with Crippen molar-refractivity contribution >= 4 is 11.4 Å². The molecule has 110 valence electrons. The van der Waals surface area contributed by atoms with Gasteiger partial charge in [-0.15, -0.1) is 0 Å². The Balaban J connectivity index is 2.00. The zero-order valence-corrected chi connectivity index (χ0v) is 12.4. The first-order valence-corrected chi connectivity index (χ1v) is 7.53. The Morgan fingerprint density at radius 2 is 1.52 bits per heavy atom. The third kappa shape index (κ3) is 3.09. The molecule has 0 spiro atoms. The lowest BCUT2D eigenvalue weighted by Crippen LogP contribution is -2.52. The first-order chi connectivity index (χ1) is 10.4. The maximum atomic E-state index is 5.72. The van der Waals surface area contributed by atoms with Crippen LogP contribution in [-0.4, -0.2) is 32.3 Å². The second-order valence-electron chi connectivity index (χ2n) is 5.38. The smallest absolute Gasteiger partial charge is 0.0903 e. The minimum absolute atomic E-state index is 0.194. The van der Waals surface area contributed by atoms with Gasteiger partial charge >= 0.3 is 0 Å². The Morgan fingerprint density at radius 3 is 2.05 bits per heavy atom. The van der Waals surface area contributed by atoms with Crippen LogP contribution in [0.15, 0.2) is 60.7 Å². The Kier molecular flexibility index (Phi) is 4.53. The monoisotopic (exact) mass is 282 g/mol. The Hall–Kier alpha value is -1.84. The Morgan fingerprint density at radius 1 is 0.952 bits per heavy atom. The van der Waals surface area contributed by atoms with Crippen LogP contribution in [0.1, 0.15) is 6.42 Å². The molecule has 1 aliphatic rings. The number of hydrogen-bond donors (Lipinski definition) is 1. The van der Waals surface area contributed by atoms with Gasteiger partial charge in [-0.3, -0.25) is 0 Å². The van der Waals surface area contributed by atoms with Crippen molar-refractivity contribution < 1.29 is 4.74 Å². The van der Waals surface area contributed by atoms with Crippen molar-refractivity contribution in [2.24, 2.45) is 0 Å². The minimum atomic E-state index is 0.194. The van der Waals surface area contributed by atoms with Crippen molar-refractivity contribution in [2.75, 3.05) is 25.1 Å². The lowest BCUT2D eigenvalue weighted by Gasteiger charge is -2.41. The van der Waals surface area contributed by atoms with Gasteiger partial charge in [-0.05, 0) is 37.2 Å². The molecule has 0 aromatic heterocycles. The zero-order valence-electron chi connectivity index (χ0n) is 12.4. The average Bonchev–Trinajstić information content (AvgIpc) is 2.58. The van der Waals surface area contributed by atoms with Gasteiger partial charge in [0.25, 0.3) is 0 Å². The summed E-state index contributed by atoms with van der Waals surface area (Å²) in [6.07, 6.45) is 1.27. The topological polar surface area (TPSA) is 24.5 Å². The third-order valence-corrected chi connectivity index (χ3v) is 4.09. The number of rotatable bonds is 4. The molecule has 2 aromatic rings. The molecule has 1 fully saturated rings. The molecule has 2 atom stereocenters. The van der Waals surface area contributed by atoms with E-state index in [1.165, 1.54) is 11.4 Å². The zero-order chi connectivity index (χ0) is 14.5. The quantitative estimate of drug-likeness (QED) is 0.932. The number of nitrogens with one attached hydrogen (secondary N) is 1. The highest BCUT2D eigenvalue weighted by atomic mass is 16.5. The van der Waals surface area contributed by atoms with Crippen LogP contribution in [0.3, 0.4) is 0 Å². The lowest BCUT2D eigenvalue weighted by molar-refractivity contribution is 0.0646. The van der Waals surface area contributed by atoms with Gasteiger partial charge in [0.05, 0.1) is 12.1 Å². The summed E-state index contributed by atoms with van der Waals surface area (Å²) in [7, 11) is 1.80. The van der Waals surface area contributed by atoms with Gasteiger partial charge in [-0.25, -0.2) is 0 Å². The molecule has 1 N–H and O–H groups in total. The number of anilines is 2. The second-order valence-corrected chi connectivity index (χ2v) is 5.38. The Bertz CT molecular complexity index is 504. The summed E-state index contributed by atoms with van der Waals surface area (Å²) in [6.45, 7) is 1.93. The van der Waals surface area contributed by atoms with Crippen LogP contribution in [-0.2, 0) is 4.74 Å². The standard InChI is InChI=1S/C18H22N2O/c1-21-18-14-19-13-12-17(18)20(15-8-4-2-5-9-15)16-10-6-3-7-11-16/h2-11,17-19H,12-14H2,1H3. The van der Waals surface area contributed by atoms with E-state index in [2.05, 4.69) is 70.9 Å². The molecule has 3 heteroatoms. The minimum Gasteiger partial charge on any atom is -0.378 e. The number of benzene rings is 2. The van der Waals surface area contributed by atoms with Crippen molar-refractivity contribution in [3.63, 3.8) is 0 Å². The highest BCUT2D eigenvalue weighted by Gasteiger charge is 2.31. The average molecular weight is 282 g/mol. The van der Waals surface area contributed by atoms with Crippen molar-refractivity contribution in [2.45, 2.75) is 18.6 Å². The SMILES string of the molecule is COC1CNCCC1N(c1ccccc1)c1ccccc1. The fraction of sp³-hybridized carbons (Fsp3) is 0.333. The normalized spacial score (nSPS) is 22.0. The molecule has 21 heavy (non-hydrogen) atoms. The van der Waals surface area contributed by atoms with Gasteiger partial charge in [-0.2, -0.15) is 0 Å². The Labute approximate surface area is 126 Å². The molecular weight excluding hydrogens is 260 g/mol. The van der Waals surface area contributed by atoms with Crippen LogP contribution in [0.4, 0.5) is 11.4 Å². The summed E-state index contributed by atoms with van der Waals surface area (Å²) >= 11 is 0. The van der Waals surface area contributed by atoms with E-state index in [-0.39, 0.29) is 6.10 Å². The maximum Gasteiger partial charge on any atom is 0.0903 e. The van der Waals surface area contributed by atoms with E-state index in [1.807, 2.05) is 0 Å². The molecule has 0 amide bonds. The van der Waals surface area contributed by atoms with Gasteiger partial charge < -0.3 is 15.0 Å². The maximum absolute atomic E-state index is 5.72. The van der Waals surface area contributed by atoms with E-state index < -0.39 is 0 Å². The van der Waals surface area contributed by atoms with Gasteiger partial charge in [0.2, 0.25) is 0 Å². The molecule has 1 saturated heterocycles. The molecule has 0 aliphatic carbocycles. The molecule has 1 aliphatic heterocycles. The lowest BCUT2D eigenvalue weighted by atomic mass is 9.99. The highest BCUT2D eigenvalue weighted by Crippen LogP contribution is 2.31. The van der Waals surface area contributed by atoms with E-state index in [0.29, 0.717) is 6.04 Å². The van der Waals surface area contributed by atoms with E-state index >= 15 is 0 Å². The van der Waals surface area contributed by atoms with E-state index in [4.69, 9.17) is 4.74 Å². The molecule has 1 heterocycles. The second kappa shape index (κ2) is 6.74. The molecule has 3 nitrogen and oxygen atoms in total. The van der Waals surface area contributed by atoms with Crippen molar-refractivity contribution in [3.8, 4) is 0 Å². The fourth-order valence-corrected chi connectivity index (χ4v) is 3.06. The number of hydrogen-bond acceptors (Lipinski definition) is 3. The summed E-state index contributed by atoms with van der Waals surface area (Å²) in [4.78, 5) is 2.41. The molecule has 2 aromatic carbocycles. The van der Waals surface area contributed by atoms with E-state index in [0.717, 1.165) is 19.5 Å². The van der Waals surface area contributed by atoms with E-state index in [9.17, 15) is 0 Å². The predicted molar refractivity (Wildman–Crippen MR) is 87.1 cm³/mol. The number of para-hydroxylation sites is 2. The summed E-state index contributed by atoms with van der Waals surface area (Å²) in [5.41, 5.74) is 2.44. The van der Waals surface area contributed by atoms with Gasteiger partial charge in [-0.1, -0.05) is 36.4 Å². The van der Waals surface area contributed by atoms with Crippen LogP contribution in [0, 0.1) is 0 Å². The van der Waals surface area contributed by atoms with Crippen LogP contribution in [0.2, 0.25) is 0 Å². The predicted octanol–water partition coefficient (Wildman–Crippen LogP) is 3.20. The molecular formula is C18H22N2O. The number of nitrogens with zero attached hydrogens (tertiary/aromatic N) is 1. The van der Waals surface area contributed by atoms with E-state index in [1.54, 1.807) is 7.11 Å². The fourth-order valence-electron chi connectivity index (χ4n) is 3.06. The molecule has 2 unspecified atom stereocenters. The first-order valence-electron chi connectivity index (χ1n) is 7.53. The van der Waals surface area contributed by atoms with Crippen LogP contribution in [0.25, 0.3) is 0 Å².